The van der Waals surface area contributed by atoms with Gasteiger partial charge in [-0.15, -0.1) is 5.10 Å². The Bertz CT molecular complexity index is 2360. The van der Waals surface area contributed by atoms with Gasteiger partial charge in [0.15, 0.2) is 6.29 Å². The monoisotopic (exact) mass is 796 g/mol. The molecule has 6 aromatic rings. The average Bonchev–Trinajstić information content (AvgIpc) is 3.85. The Morgan fingerprint density at radius 3 is 2.31 bits per heavy atom. The fourth-order valence-corrected chi connectivity index (χ4v) is 7.86. The second-order valence-corrected chi connectivity index (χ2v) is 15.0. The van der Waals surface area contributed by atoms with Crippen LogP contribution in [0.4, 0.5) is 4.79 Å². The molecule has 5 aromatic carbocycles. The van der Waals surface area contributed by atoms with Crippen LogP contribution in [0.1, 0.15) is 53.1 Å². The zero-order valence-corrected chi connectivity index (χ0v) is 32.1. The molecule has 2 saturated heterocycles. The van der Waals surface area contributed by atoms with E-state index in [0.717, 1.165) is 44.6 Å². The van der Waals surface area contributed by atoms with Gasteiger partial charge in [-0.3, -0.25) is 14.5 Å². The Balaban J connectivity index is 0.958. The maximum Gasteiger partial charge on any atom is 0.408 e. The number of carbonyl (C=O) groups is 3. The summed E-state index contributed by atoms with van der Waals surface area (Å²) in [5.74, 6) is -0.285. The number of nitrogens with one attached hydrogen (secondary N) is 1. The van der Waals surface area contributed by atoms with E-state index in [4.69, 9.17) is 14.2 Å². The zero-order valence-electron chi connectivity index (χ0n) is 31.3. The van der Waals surface area contributed by atoms with Crippen LogP contribution in [0.3, 0.4) is 0 Å². The first-order chi connectivity index (χ1) is 28.4. The van der Waals surface area contributed by atoms with Crippen LogP contribution in [0.5, 0.6) is 0 Å². The van der Waals surface area contributed by atoms with Crippen LogP contribution >= 0.6 is 11.8 Å². The van der Waals surface area contributed by atoms with E-state index in [9.17, 15) is 19.5 Å². The molecule has 0 saturated carbocycles. The number of likely N-dealkylation sites (tertiary alicyclic amines) is 1. The molecule has 4 unspecified atom stereocenters. The van der Waals surface area contributed by atoms with Crippen molar-refractivity contribution in [1.82, 2.24) is 30.4 Å². The van der Waals surface area contributed by atoms with Crippen molar-refractivity contribution in [2.45, 2.75) is 62.3 Å². The lowest BCUT2D eigenvalue weighted by atomic mass is 9.99. The van der Waals surface area contributed by atoms with Crippen molar-refractivity contribution < 1.29 is 33.7 Å². The van der Waals surface area contributed by atoms with E-state index in [1.807, 2.05) is 133 Å². The van der Waals surface area contributed by atoms with Crippen molar-refractivity contribution in [3.05, 3.63) is 161 Å². The first kappa shape index (κ1) is 38.7. The third kappa shape index (κ3) is 9.16. The second-order valence-electron chi connectivity index (χ2n) is 14.0. The molecule has 0 radical (unpaired) electrons. The smallest absolute Gasteiger partial charge is 0.408 e. The maximum absolute atomic E-state index is 13.3. The Hall–Kier alpha value is -6.19. The number of rotatable bonds is 13. The van der Waals surface area contributed by atoms with Crippen LogP contribution in [0.15, 0.2) is 139 Å². The molecule has 14 heteroatoms. The minimum atomic E-state index is -0.997. The maximum atomic E-state index is 13.3. The highest BCUT2D eigenvalue weighted by Crippen LogP contribution is 2.40. The van der Waals surface area contributed by atoms with E-state index in [0.29, 0.717) is 17.3 Å². The minimum absolute atomic E-state index is 0.0463. The Morgan fingerprint density at radius 1 is 0.810 bits per heavy atom. The van der Waals surface area contributed by atoms with Gasteiger partial charge in [0.2, 0.25) is 11.1 Å². The normalized spacial score (nSPS) is 19.3. The average molecular weight is 797 g/mol. The number of aromatic nitrogens is 4. The van der Waals surface area contributed by atoms with Gasteiger partial charge in [0.1, 0.15) is 12.6 Å². The molecule has 0 aliphatic carbocycles. The topological polar surface area (TPSA) is 158 Å². The summed E-state index contributed by atoms with van der Waals surface area (Å²) in [6.45, 7) is 0.0614. The molecular weight excluding hydrogens is 757 g/mol. The van der Waals surface area contributed by atoms with Gasteiger partial charge in [0.05, 0.1) is 37.5 Å². The predicted octanol–water partition coefficient (Wildman–Crippen LogP) is 6.71. The van der Waals surface area contributed by atoms with E-state index >= 15 is 0 Å². The number of carbonyl (C=O) groups excluding carboxylic acids is 3. The fraction of sp³-hybridized carbons (Fsp3) is 0.227. The van der Waals surface area contributed by atoms with Crippen LogP contribution < -0.4 is 5.32 Å². The van der Waals surface area contributed by atoms with Gasteiger partial charge in [-0.1, -0.05) is 121 Å². The Labute approximate surface area is 338 Å². The lowest BCUT2D eigenvalue weighted by Gasteiger charge is -2.36. The number of ether oxygens (including phenoxy) is 3. The minimum Gasteiger partial charge on any atom is -0.445 e. The Morgan fingerprint density at radius 2 is 1.53 bits per heavy atom. The molecule has 0 spiro atoms. The largest absolute Gasteiger partial charge is 0.445 e. The van der Waals surface area contributed by atoms with Crippen molar-refractivity contribution in [1.29, 1.82) is 0 Å². The molecule has 3 heterocycles. The summed E-state index contributed by atoms with van der Waals surface area (Å²) in [6.07, 6.45) is -1.51. The number of nitrogens with zero attached hydrogens (tertiary/aromatic N) is 5. The molecule has 0 bridgehead atoms. The number of tetrazole rings is 1. The number of aliphatic hydroxyl groups is 1. The molecule has 2 fully saturated rings. The van der Waals surface area contributed by atoms with Gasteiger partial charge in [-0.25, -0.2) is 4.79 Å². The molecular formula is C44H40N6O7S. The standard InChI is InChI=1S/C44H40N6O7S/c51-26-29-17-19-32(20-18-29)39-23-37(28-58-43-46-47-48-50(43)36-15-5-2-6-16-36)56-42(57-39)35-14-8-13-34(22-35)33-12-7-11-31(21-33)25-49-40(52)24-38(41(49)53)45-44(54)55-27-30-9-3-1-4-10-30/h1-22,37-39,42,51H,23-28H2,(H,45,54). The molecule has 58 heavy (non-hydrogen) atoms. The third-order valence-electron chi connectivity index (χ3n) is 9.96. The van der Waals surface area contributed by atoms with Gasteiger partial charge in [-0.05, 0) is 68.1 Å². The van der Waals surface area contributed by atoms with Gasteiger partial charge in [0, 0.05) is 17.7 Å². The van der Waals surface area contributed by atoms with Crippen molar-refractivity contribution in [3.8, 4) is 16.8 Å². The molecule has 4 atom stereocenters. The number of hydrogen-bond acceptors (Lipinski definition) is 11. The van der Waals surface area contributed by atoms with Crippen LogP contribution in [0.25, 0.3) is 16.8 Å². The number of aliphatic hydroxyl groups excluding tert-OH is 1. The second kappa shape index (κ2) is 17.9. The summed E-state index contributed by atoms with van der Waals surface area (Å²) in [5, 5.41) is 25.2. The zero-order chi connectivity index (χ0) is 39.8. The predicted molar refractivity (Wildman–Crippen MR) is 214 cm³/mol. The van der Waals surface area contributed by atoms with Crippen LogP contribution in [0.2, 0.25) is 0 Å². The fourth-order valence-electron chi connectivity index (χ4n) is 6.96. The summed E-state index contributed by atoms with van der Waals surface area (Å²) in [4.78, 5) is 39.9. The molecule has 2 aliphatic heterocycles. The van der Waals surface area contributed by atoms with E-state index in [1.165, 1.54) is 16.7 Å². The van der Waals surface area contributed by atoms with Gasteiger partial charge >= 0.3 is 6.09 Å². The molecule has 294 valence electrons. The van der Waals surface area contributed by atoms with E-state index in [-0.39, 0.29) is 44.3 Å². The van der Waals surface area contributed by atoms with Crippen molar-refractivity contribution in [2.24, 2.45) is 0 Å². The molecule has 1 aromatic heterocycles. The number of thioether (sulfide) groups is 1. The summed E-state index contributed by atoms with van der Waals surface area (Å²) in [5.41, 5.74) is 6.82. The molecule has 2 N–H and O–H groups in total. The molecule has 13 nitrogen and oxygen atoms in total. The number of para-hydroxylation sites is 1. The van der Waals surface area contributed by atoms with Gasteiger partial charge in [-0.2, -0.15) is 4.68 Å². The van der Waals surface area contributed by atoms with Crippen molar-refractivity contribution in [3.63, 3.8) is 0 Å². The highest BCUT2D eigenvalue weighted by molar-refractivity contribution is 7.99. The first-order valence-electron chi connectivity index (χ1n) is 18.9. The lowest BCUT2D eigenvalue weighted by Crippen LogP contribution is -2.41. The molecule has 2 aliphatic rings. The quantitative estimate of drug-likeness (QED) is 0.0945. The summed E-state index contributed by atoms with van der Waals surface area (Å²) >= 11 is 1.51. The van der Waals surface area contributed by atoms with Gasteiger partial charge < -0.3 is 24.6 Å². The van der Waals surface area contributed by atoms with E-state index < -0.39 is 24.3 Å². The number of imide groups is 1. The third-order valence-corrected chi connectivity index (χ3v) is 11.0. The van der Waals surface area contributed by atoms with E-state index in [1.54, 1.807) is 4.68 Å². The van der Waals surface area contributed by atoms with Crippen molar-refractivity contribution in [2.75, 3.05) is 5.75 Å². The number of alkyl carbamates (subject to hydrolysis) is 1. The number of amides is 3. The van der Waals surface area contributed by atoms with Crippen LogP contribution in [-0.4, -0.2) is 66.0 Å². The van der Waals surface area contributed by atoms with Gasteiger partial charge in [0.25, 0.3) is 5.91 Å². The first-order valence-corrected chi connectivity index (χ1v) is 19.9. The van der Waals surface area contributed by atoms with E-state index in [2.05, 4.69) is 20.8 Å². The van der Waals surface area contributed by atoms with Crippen LogP contribution in [0, 0.1) is 0 Å². The van der Waals surface area contributed by atoms with Crippen molar-refractivity contribution >= 4 is 29.7 Å². The Kier molecular flexibility index (Phi) is 12.0. The lowest BCUT2D eigenvalue weighted by molar-refractivity contribution is -0.245. The highest BCUT2D eigenvalue weighted by Gasteiger charge is 2.40. The number of hydrogen-bond donors (Lipinski definition) is 2. The summed E-state index contributed by atoms with van der Waals surface area (Å²) < 4.78 is 20.2. The summed E-state index contributed by atoms with van der Waals surface area (Å²) in [7, 11) is 0. The highest BCUT2D eigenvalue weighted by atomic mass is 32.2. The summed E-state index contributed by atoms with van der Waals surface area (Å²) in [6, 6.07) is 41.3. The molecule has 3 amide bonds. The number of benzene rings is 5. The van der Waals surface area contributed by atoms with Crippen LogP contribution in [-0.2, 0) is 43.6 Å². The molecule has 8 rings (SSSR count). The SMILES string of the molecule is O=C(NC1CC(=O)N(Cc2cccc(-c3cccc(C4OC(CSc5nnnn5-c5ccccc5)CC(c5ccc(CO)cc5)O4)c3)c2)C1=O)OCc1ccccc1.